The molecule has 0 radical (unpaired) electrons. The maximum atomic E-state index is 14.2. The molecule has 202 valence electrons. The molecular weight excluding hydrogens is 556 g/mol. The fourth-order valence-electron chi connectivity index (χ4n) is 4.40. The zero-order valence-electron chi connectivity index (χ0n) is 21.4. The van der Waals surface area contributed by atoms with Crippen molar-refractivity contribution < 1.29 is 16.8 Å². The van der Waals surface area contributed by atoms with Gasteiger partial charge in [0.1, 0.15) is 16.2 Å². The van der Waals surface area contributed by atoms with Gasteiger partial charge in [0.15, 0.2) is 5.65 Å². The number of sulfone groups is 1. The lowest BCUT2D eigenvalue weighted by Gasteiger charge is -2.14. The summed E-state index contributed by atoms with van der Waals surface area (Å²) in [6, 6.07) is 19.2. The van der Waals surface area contributed by atoms with Gasteiger partial charge in [-0.05, 0) is 61.9 Å². The Hall–Kier alpha value is -3.47. The topological polar surface area (TPSA) is 111 Å². The van der Waals surface area contributed by atoms with Gasteiger partial charge in [-0.1, -0.05) is 61.2 Å². The Labute approximate surface area is 232 Å². The van der Waals surface area contributed by atoms with Crippen LogP contribution in [0.1, 0.15) is 31.7 Å². The molecule has 11 heteroatoms. The van der Waals surface area contributed by atoms with E-state index in [0.717, 1.165) is 18.4 Å². The van der Waals surface area contributed by atoms with Crippen molar-refractivity contribution in [3.63, 3.8) is 0 Å². The van der Waals surface area contributed by atoms with Gasteiger partial charge in [-0.2, -0.15) is 0 Å². The summed E-state index contributed by atoms with van der Waals surface area (Å²) in [5, 5.41) is 0.380. The number of halogens is 1. The first kappa shape index (κ1) is 27.1. The quantitative estimate of drug-likeness (QED) is 0.202. The summed E-state index contributed by atoms with van der Waals surface area (Å²) in [6.45, 7) is 4.26. The van der Waals surface area contributed by atoms with Crippen molar-refractivity contribution >= 4 is 59.5 Å². The molecule has 0 aliphatic heterocycles. The number of rotatable bonds is 9. The molecule has 2 heterocycles. The van der Waals surface area contributed by atoms with Gasteiger partial charge in [0.05, 0.1) is 20.8 Å². The van der Waals surface area contributed by atoms with Crippen LogP contribution in [0.3, 0.4) is 0 Å². The number of benzene rings is 3. The van der Waals surface area contributed by atoms with E-state index in [9.17, 15) is 16.8 Å². The summed E-state index contributed by atoms with van der Waals surface area (Å²) in [5.41, 5.74) is 2.38. The highest BCUT2D eigenvalue weighted by molar-refractivity contribution is 7.93. The maximum Gasteiger partial charge on any atom is 0.263 e. The number of unbranched alkanes of at least 4 members (excludes halogenated alkanes) is 2. The predicted molar refractivity (Wildman–Crippen MR) is 153 cm³/mol. The molecule has 5 aromatic rings. The number of hydrogen-bond donors (Lipinski definition) is 1. The van der Waals surface area contributed by atoms with Crippen LogP contribution in [0, 0.1) is 6.92 Å². The van der Waals surface area contributed by atoms with Crippen LogP contribution in [0.25, 0.3) is 22.2 Å². The van der Waals surface area contributed by atoms with Gasteiger partial charge in [-0.25, -0.2) is 26.8 Å². The molecule has 0 amide bonds. The van der Waals surface area contributed by atoms with E-state index in [0.29, 0.717) is 34.7 Å². The van der Waals surface area contributed by atoms with E-state index >= 15 is 0 Å². The molecule has 0 spiro atoms. The summed E-state index contributed by atoms with van der Waals surface area (Å²) < 4.78 is 59.7. The second kappa shape index (κ2) is 10.6. The third-order valence-electron chi connectivity index (χ3n) is 6.45. The van der Waals surface area contributed by atoms with E-state index in [2.05, 4.69) is 11.6 Å². The minimum absolute atomic E-state index is 0.0302. The molecule has 0 saturated heterocycles. The normalized spacial score (nSPS) is 12.3. The zero-order chi connectivity index (χ0) is 27.8. The number of anilines is 1. The highest BCUT2D eigenvalue weighted by Crippen LogP contribution is 2.38. The molecule has 2 aromatic heterocycles. The summed E-state index contributed by atoms with van der Waals surface area (Å²) in [6.07, 6.45) is 2.48. The van der Waals surface area contributed by atoms with Crippen LogP contribution in [0.15, 0.2) is 87.5 Å². The molecule has 0 bridgehead atoms. The SMILES string of the molecule is CCCCCn1c(NS(=O)(=O)c2ccc(Cl)cc2)c(S(=O)(=O)c2ccc(C)cc2)c2nc3ccccc3nc21. The predicted octanol–water partition coefficient (Wildman–Crippen LogP) is 6.37. The average molecular weight is 583 g/mol. The van der Waals surface area contributed by atoms with Gasteiger partial charge in [0.2, 0.25) is 9.84 Å². The molecule has 39 heavy (non-hydrogen) atoms. The second-order valence-electron chi connectivity index (χ2n) is 9.30. The summed E-state index contributed by atoms with van der Waals surface area (Å²) >= 11 is 5.97. The van der Waals surface area contributed by atoms with Crippen LogP contribution < -0.4 is 4.72 Å². The number of aryl methyl sites for hydroxylation is 2. The monoisotopic (exact) mass is 582 g/mol. The van der Waals surface area contributed by atoms with E-state index in [-0.39, 0.29) is 26.0 Å². The lowest BCUT2D eigenvalue weighted by molar-refractivity contribution is 0.592. The third-order valence-corrected chi connectivity index (χ3v) is 9.87. The number of sulfonamides is 1. The molecule has 0 fully saturated rings. The Morgan fingerprint density at radius 2 is 1.44 bits per heavy atom. The first-order valence-corrected chi connectivity index (χ1v) is 15.9. The molecule has 0 atom stereocenters. The van der Waals surface area contributed by atoms with Crippen LogP contribution in [-0.2, 0) is 26.4 Å². The summed E-state index contributed by atoms with van der Waals surface area (Å²) in [5.74, 6) is -0.0908. The van der Waals surface area contributed by atoms with Gasteiger partial charge >= 0.3 is 0 Å². The van der Waals surface area contributed by atoms with Crippen LogP contribution in [0.2, 0.25) is 5.02 Å². The second-order valence-corrected chi connectivity index (χ2v) is 13.3. The molecule has 0 unspecified atom stereocenters. The highest BCUT2D eigenvalue weighted by atomic mass is 35.5. The first-order valence-electron chi connectivity index (χ1n) is 12.5. The number of hydrogen-bond acceptors (Lipinski definition) is 6. The molecule has 0 aliphatic carbocycles. The molecule has 8 nitrogen and oxygen atoms in total. The molecule has 3 aromatic carbocycles. The Morgan fingerprint density at radius 1 is 0.821 bits per heavy atom. The van der Waals surface area contributed by atoms with Crippen molar-refractivity contribution in [1.29, 1.82) is 0 Å². The average Bonchev–Trinajstić information content (AvgIpc) is 3.19. The molecule has 1 N–H and O–H groups in total. The van der Waals surface area contributed by atoms with E-state index < -0.39 is 19.9 Å². The van der Waals surface area contributed by atoms with Crippen molar-refractivity contribution in [2.24, 2.45) is 0 Å². The summed E-state index contributed by atoms with van der Waals surface area (Å²) in [4.78, 5) is 9.20. The lowest BCUT2D eigenvalue weighted by atomic mass is 10.2. The fraction of sp³-hybridized carbons (Fsp3) is 0.214. The number of nitrogens with zero attached hydrogens (tertiary/aromatic N) is 3. The number of aromatic nitrogens is 3. The van der Waals surface area contributed by atoms with E-state index in [4.69, 9.17) is 21.6 Å². The summed E-state index contributed by atoms with van der Waals surface area (Å²) in [7, 11) is -8.42. The number of para-hydroxylation sites is 2. The molecule has 0 saturated carbocycles. The van der Waals surface area contributed by atoms with Crippen molar-refractivity contribution in [3.05, 3.63) is 83.4 Å². The fourth-order valence-corrected chi connectivity index (χ4v) is 7.21. The number of nitrogens with one attached hydrogen (secondary N) is 1. The van der Waals surface area contributed by atoms with Crippen molar-refractivity contribution in [3.8, 4) is 0 Å². The van der Waals surface area contributed by atoms with E-state index in [1.54, 1.807) is 34.9 Å². The Kier molecular flexibility index (Phi) is 7.37. The van der Waals surface area contributed by atoms with Crippen LogP contribution in [0.5, 0.6) is 0 Å². The van der Waals surface area contributed by atoms with Gasteiger partial charge < -0.3 is 4.57 Å². The van der Waals surface area contributed by atoms with Gasteiger partial charge in [-0.15, -0.1) is 0 Å². The van der Waals surface area contributed by atoms with E-state index in [1.165, 1.54) is 36.4 Å². The zero-order valence-corrected chi connectivity index (χ0v) is 23.8. The number of fused-ring (bicyclic) bond motifs is 2. The minimum atomic E-state index is -4.22. The van der Waals surface area contributed by atoms with Gasteiger partial charge in [-0.3, -0.25) is 4.72 Å². The van der Waals surface area contributed by atoms with E-state index in [1.807, 2.05) is 13.0 Å². The first-order chi connectivity index (χ1) is 18.6. The standard InChI is InChI=1S/C28H27ClN4O4S2/c1-3-4-7-18-33-27-25(30-23-8-5-6-9-24(23)31-27)26(38(34,35)21-14-10-19(2)11-15-21)28(33)32-39(36,37)22-16-12-20(29)13-17-22/h5-6,8-17,32H,3-4,7,18H2,1-2H3. The highest BCUT2D eigenvalue weighted by Gasteiger charge is 2.33. The third kappa shape index (κ3) is 5.24. The van der Waals surface area contributed by atoms with Crippen LogP contribution in [-0.4, -0.2) is 31.4 Å². The van der Waals surface area contributed by atoms with Gasteiger partial charge in [0.25, 0.3) is 10.0 Å². The Bertz CT molecular complexity index is 1880. The Balaban J connectivity index is 1.83. The van der Waals surface area contributed by atoms with Crippen molar-refractivity contribution in [1.82, 2.24) is 14.5 Å². The lowest BCUT2D eigenvalue weighted by Crippen LogP contribution is -2.18. The molecular formula is C28H27ClN4O4S2. The molecule has 0 aliphatic rings. The van der Waals surface area contributed by atoms with Crippen LogP contribution >= 0.6 is 11.6 Å². The maximum absolute atomic E-state index is 14.2. The minimum Gasteiger partial charge on any atom is -0.309 e. The smallest absolute Gasteiger partial charge is 0.263 e. The Morgan fingerprint density at radius 3 is 2.08 bits per heavy atom. The van der Waals surface area contributed by atoms with Crippen LogP contribution in [0.4, 0.5) is 5.82 Å². The van der Waals surface area contributed by atoms with Crippen molar-refractivity contribution in [2.75, 3.05) is 4.72 Å². The molecule has 5 rings (SSSR count). The largest absolute Gasteiger partial charge is 0.309 e. The van der Waals surface area contributed by atoms with Crippen molar-refractivity contribution in [2.45, 2.75) is 54.3 Å². The van der Waals surface area contributed by atoms with Gasteiger partial charge in [0, 0.05) is 11.6 Å².